The van der Waals surface area contributed by atoms with Crippen molar-refractivity contribution in [1.82, 2.24) is 5.32 Å². The molecule has 3 aromatic carbocycles. The van der Waals surface area contributed by atoms with E-state index in [0.29, 0.717) is 28.4 Å². The number of halogens is 1. The van der Waals surface area contributed by atoms with E-state index in [-0.39, 0.29) is 17.6 Å². The van der Waals surface area contributed by atoms with Crippen LogP contribution in [0.4, 0.5) is 11.4 Å². The van der Waals surface area contributed by atoms with Crippen LogP contribution in [0.1, 0.15) is 11.1 Å². The van der Waals surface area contributed by atoms with Gasteiger partial charge in [0, 0.05) is 22.3 Å². The number of carbonyl (C=O) groups excluding carboxylic acids is 3. The van der Waals surface area contributed by atoms with Crippen molar-refractivity contribution >= 4 is 40.7 Å². The molecule has 170 valence electrons. The highest BCUT2D eigenvalue weighted by Gasteiger charge is 2.70. The first-order chi connectivity index (χ1) is 16.4. The molecule has 3 aromatic rings. The Bertz CT molecular complexity index is 1340. The van der Waals surface area contributed by atoms with Crippen molar-refractivity contribution < 1.29 is 19.5 Å². The Morgan fingerprint density at radius 2 is 1.62 bits per heavy atom. The normalized spacial score (nSPS) is 27.3. The molecule has 3 heterocycles. The van der Waals surface area contributed by atoms with Crippen molar-refractivity contribution in [3.8, 4) is 5.75 Å². The summed E-state index contributed by atoms with van der Waals surface area (Å²) < 4.78 is 0. The number of benzene rings is 3. The molecular formula is C26H20ClN3O4. The molecule has 2 fully saturated rings. The Morgan fingerprint density at radius 1 is 0.912 bits per heavy atom. The minimum Gasteiger partial charge on any atom is -0.508 e. The lowest BCUT2D eigenvalue weighted by atomic mass is 9.76. The molecule has 3 amide bonds. The molecule has 3 N–H and O–H groups in total. The van der Waals surface area contributed by atoms with E-state index >= 15 is 0 Å². The zero-order valence-electron chi connectivity index (χ0n) is 17.9. The van der Waals surface area contributed by atoms with Gasteiger partial charge in [0.15, 0.2) is 0 Å². The van der Waals surface area contributed by atoms with Crippen molar-refractivity contribution in [2.24, 2.45) is 11.8 Å². The fourth-order valence-corrected chi connectivity index (χ4v) is 5.79. The topological polar surface area (TPSA) is 98.7 Å². The maximum atomic E-state index is 13.9. The van der Waals surface area contributed by atoms with Crippen LogP contribution in [-0.2, 0) is 26.3 Å². The van der Waals surface area contributed by atoms with Crippen molar-refractivity contribution in [2.45, 2.75) is 18.0 Å². The molecule has 34 heavy (non-hydrogen) atoms. The largest absolute Gasteiger partial charge is 0.508 e. The highest BCUT2D eigenvalue weighted by Crippen LogP contribution is 2.53. The van der Waals surface area contributed by atoms with Gasteiger partial charge >= 0.3 is 0 Å². The number of phenolic OH excluding ortho intramolecular Hbond substituents is 1. The van der Waals surface area contributed by atoms with Crippen LogP contribution >= 0.6 is 11.6 Å². The number of carbonyl (C=O) groups is 3. The maximum absolute atomic E-state index is 13.9. The second kappa shape index (κ2) is 7.41. The van der Waals surface area contributed by atoms with Gasteiger partial charge in [-0.15, -0.1) is 0 Å². The first-order valence-electron chi connectivity index (χ1n) is 11.0. The highest BCUT2D eigenvalue weighted by molar-refractivity contribution is 6.31. The van der Waals surface area contributed by atoms with Gasteiger partial charge in [0.2, 0.25) is 17.7 Å². The molecule has 2 saturated heterocycles. The van der Waals surface area contributed by atoms with Gasteiger partial charge in [0.1, 0.15) is 11.3 Å². The van der Waals surface area contributed by atoms with Crippen LogP contribution in [0.2, 0.25) is 5.02 Å². The van der Waals surface area contributed by atoms with Gasteiger partial charge in [-0.25, -0.2) is 4.90 Å². The van der Waals surface area contributed by atoms with Gasteiger partial charge in [-0.3, -0.25) is 19.7 Å². The lowest BCUT2D eigenvalue weighted by Crippen LogP contribution is -2.53. The lowest BCUT2D eigenvalue weighted by molar-refractivity contribution is -0.130. The molecular weight excluding hydrogens is 454 g/mol. The monoisotopic (exact) mass is 473 g/mol. The van der Waals surface area contributed by atoms with Crippen LogP contribution in [0.5, 0.6) is 5.75 Å². The van der Waals surface area contributed by atoms with Crippen LogP contribution in [-0.4, -0.2) is 28.9 Å². The molecule has 0 bridgehead atoms. The smallest absolute Gasteiger partial charge is 0.250 e. The summed E-state index contributed by atoms with van der Waals surface area (Å²) in [5.74, 6) is -2.60. The van der Waals surface area contributed by atoms with Crippen LogP contribution in [0.25, 0.3) is 0 Å². The standard InChI is InChI=1S/C26H20ClN3O4/c27-15-7-9-16(10-8-15)30-23(32)21-20(13-14-5-11-17(31)12-6-14)29-26(22(21)24(30)33)18-3-1-2-4-19(18)28-25(26)34/h1-12,20-22,29,31H,13H2,(H,28,34)/t20-,21+,22-,26-/m0/s1. The van der Waals surface area contributed by atoms with Gasteiger partial charge in [-0.05, 0) is 54.4 Å². The summed E-state index contributed by atoms with van der Waals surface area (Å²) in [6.45, 7) is 0. The zero-order chi connectivity index (χ0) is 23.6. The molecule has 7 nitrogen and oxygen atoms in total. The highest BCUT2D eigenvalue weighted by atomic mass is 35.5. The Labute approximate surface area is 200 Å². The number of imide groups is 1. The van der Waals surface area contributed by atoms with Crippen molar-refractivity contribution in [2.75, 3.05) is 10.2 Å². The maximum Gasteiger partial charge on any atom is 0.250 e. The van der Waals surface area contributed by atoms with E-state index in [2.05, 4.69) is 10.6 Å². The third kappa shape index (κ3) is 2.84. The number of fused-ring (bicyclic) bond motifs is 4. The van der Waals surface area contributed by atoms with Gasteiger partial charge in [0.25, 0.3) is 0 Å². The van der Waals surface area contributed by atoms with Crippen LogP contribution in [0.15, 0.2) is 72.8 Å². The van der Waals surface area contributed by atoms with Crippen molar-refractivity contribution in [1.29, 1.82) is 0 Å². The summed E-state index contributed by atoms with van der Waals surface area (Å²) in [5, 5.41) is 16.5. The number of hydrogen-bond donors (Lipinski definition) is 3. The van der Waals surface area contributed by atoms with E-state index in [1.807, 2.05) is 18.2 Å². The van der Waals surface area contributed by atoms with Gasteiger partial charge in [-0.2, -0.15) is 0 Å². The summed E-state index contributed by atoms with van der Waals surface area (Å²) in [6, 6.07) is 20.0. The van der Waals surface area contributed by atoms with E-state index in [4.69, 9.17) is 11.6 Å². The SMILES string of the molecule is O=C1[C@@H]2[C@H](Cc3ccc(O)cc3)N[C@]3(C(=O)Nc4ccccc43)[C@@H]2C(=O)N1c1ccc(Cl)cc1. The third-order valence-corrected chi connectivity index (χ3v) is 7.35. The zero-order valence-corrected chi connectivity index (χ0v) is 18.6. The molecule has 6 rings (SSSR count). The molecule has 0 aliphatic carbocycles. The van der Waals surface area contributed by atoms with E-state index in [1.54, 1.807) is 54.6 Å². The Hall–Kier alpha value is -3.68. The Balaban J connectivity index is 1.48. The number of para-hydroxylation sites is 1. The average molecular weight is 474 g/mol. The quantitative estimate of drug-likeness (QED) is 0.507. The molecule has 8 heteroatoms. The Morgan fingerprint density at radius 3 is 2.35 bits per heavy atom. The van der Waals surface area contributed by atoms with E-state index in [9.17, 15) is 19.5 Å². The van der Waals surface area contributed by atoms with Crippen molar-refractivity contribution in [3.63, 3.8) is 0 Å². The first-order valence-corrected chi connectivity index (χ1v) is 11.4. The first kappa shape index (κ1) is 20.9. The number of rotatable bonds is 3. The predicted octanol–water partition coefficient (Wildman–Crippen LogP) is 3.21. The van der Waals surface area contributed by atoms with E-state index in [1.165, 1.54) is 4.90 Å². The van der Waals surface area contributed by atoms with Crippen LogP contribution in [0, 0.1) is 11.8 Å². The number of phenols is 1. The summed E-state index contributed by atoms with van der Waals surface area (Å²) in [7, 11) is 0. The van der Waals surface area contributed by atoms with Gasteiger partial charge in [0.05, 0.1) is 17.5 Å². The lowest BCUT2D eigenvalue weighted by Gasteiger charge is -2.29. The minimum atomic E-state index is -1.35. The summed E-state index contributed by atoms with van der Waals surface area (Å²) in [4.78, 5) is 42.3. The molecule has 3 aliphatic heterocycles. The second-order valence-corrected chi connectivity index (χ2v) is 9.36. The number of aromatic hydroxyl groups is 1. The number of hydrogen-bond acceptors (Lipinski definition) is 5. The fourth-order valence-electron chi connectivity index (χ4n) is 5.66. The molecule has 4 atom stereocenters. The summed E-state index contributed by atoms with van der Waals surface area (Å²) >= 11 is 6.02. The molecule has 0 radical (unpaired) electrons. The summed E-state index contributed by atoms with van der Waals surface area (Å²) in [6.07, 6.45) is 0.409. The van der Waals surface area contributed by atoms with Gasteiger partial charge < -0.3 is 10.4 Å². The molecule has 3 aliphatic rings. The number of anilines is 2. The average Bonchev–Trinajstić information content (AvgIpc) is 3.41. The molecule has 0 saturated carbocycles. The molecule has 1 spiro atoms. The minimum absolute atomic E-state index is 0.141. The predicted molar refractivity (Wildman–Crippen MR) is 126 cm³/mol. The van der Waals surface area contributed by atoms with Crippen LogP contribution < -0.4 is 15.5 Å². The second-order valence-electron chi connectivity index (χ2n) is 8.92. The van der Waals surface area contributed by atoms with E-state index in [0.717, 1.165) is 5.56 Å². The van der Waals surface area contributed by atoms with Crippen molar-refractivity contribution in [3.05, 3.63) is 88.9 Å². The number of amides is 3. The van der Waals surface area contributed by atoms with Gasteiger partial charge in [-0.1, -0.05) is 41.9 Å². The number of nitrogens with zero attached hydrogens (tertiary/aromatic N) is 1. The van der Waals surface area contributed by atoms with Crippen LogP contribution in [0.3, 0.4) is 0 Å². The third-order valence-electron chi connectivity index (χ3n) is 7.10. The Kier molecular flexibility index (Phi) is 4.56. The van der Waals surface area contributed by atoms with E-state index < -0.39 is 29.3 Å². The fraction of sp³-hybridized carbons (Fsp3) is 0.192. The summed E-state index contributed by atoms with van der Waals surface area (Å²) in [5.41, 5.74) is 1.26. The number of nitrogens with one attached hydrogen (secondary N) is 2. The molecule has 0 aromatic heterocycles. The molecule has 0 unspecified atom stereocenters.